The fourth-order valence-corrected chi connectivity index (χ4v) is 2.27. The average molecular weight is 334 g/mol. The molecule has 0 heterocycles. The normalized spacial score (nSPS) is 10.5. The number of benzene rings is 3. The molecular weight excluding hydrogens is 316 g/mol. The Morgan fingerprint density at radius 3 is 1.50 bits per heavy atom. The summed E-state index contributed by atoms with van der Waals surface area (Å²) in [4.78, 5) is 0. The van der Waals surface area contributed by atoms with Crippen LogP contribution in [0.5, 0.6) is 0 Å². The van der Waals surface area contributed by atoms with Gasteiger partial charge >= 0.3 is 0 Å². The Bertz CT molecular complexity index is 922. The monoisotopic (exact) mass is 334 g/mol. The Kier molecular flexibility index (Phi) is 5.69. The first-order chi connectivity index (χ1) is 12.7. The first-order valence-electron chi connectivity index (χ1n) is 8.37. The van der Waals surface area contributed by atoms with Crippen LogP contribution in [0.25, 0.3) is 6.08 Å². The zero-order chi connectivity index (χ0) is 18.1. The van der Waals surface area contributed by atoms with Crippen LogP contribution in [0.2, 0.25) is 0 Å². The van der Waals surface area contributed by atoms with Crippen LogP contribution in [-0.2, 0) is 0 Å². The third-order valence-corrected chi connectivity index (χ3v) is 3.66. The van der Waals surface area contributed by atoms with Crippen LogP contribution >= 0.6 is 0 Å². The summed E-state index contributed by atoms with van der Waals surface area (Å²) < 4.78 is 0. The van der Waals surface area contributed by atoms with Crippen LogP contribution in [0.1, 0.15) is 16.7 Å². The van der Waals surface area contributed by atoms with Crippen LogP contribution in [0.3, 0.4) is 0 Å². The summed E-state index contributed by atoms with van der Waals surface area (Å²) in [5, 5.41) is 11.0. The summed E-state index contributed by atoms with van der Waals surface area (Å²) in [6, 6.07) is 28.9. The second kappa shape index (κ2) is 8.54. The lowest BCUT2D eigenvalue weighted by Gasteiger charge is -2.09. The molecule has 0 aliphatic heterocycles. The minimum atomic E-state index is -1.54. The van der Waals surface area contributed by atoms with Crippen molar-refractivity contribution in [2.24, 2.45) is 0 Å². The molecule has 0 atom stereocenters. The molecule has 0 radical (unpaired) electrons. The molecule has 0 aliphatic carbocycles. The van der Waals surface area contributed by atoms with Crippen LogP contribution in [0, 0.1) is 23.7 Å². The average Bonchev–Trinajstić information content (AvgIpc) is 2.72. The molecule has 0 amide bonds. The Balaban J connectivity index is 1.94. The SMILES string of the molecule is OC(C#Cc1ccccc1)(C#Cc1ccccc1)/C=C\c1ccccc1. The molecular formula is C25H18O. The van der Waals surface area contributed by atoms with Gasteiger partial charge in [0.25, 0.3) is 0 Å². The fourth-order valence-electron chi connectivity index (χ4n) is 2.27. The van der Waals surface area contributed by atoms with Crippen molar-refractivity contribution < 1.29 is 5.11 Å². The minimum Gasteiger partial charge on any atom is -0.364 e. The van der Waals surface area contributed by atoms with Crippen molar-refractivity contribution in [2.75, 3.05) is 0 Å². The summed E-state index contributed by atoms with van der Waals surface area (Å²) in [6.07, 6.45) is 3.47. The molecule has 0 fully saturated rings. The van der Waals surface area contributed by atoms with Gasteiger partial charge in [-0.2, -0.15) is 0 Å². The molecule has 124 valence electrons. The van der Waals surface area contributed by atoms with E-state index in [2.05, 4.69) is 23.7 Å². The zero-order valence-electron chi connectivity index (χ0n) is 14.3. The summed E-state index contributed by atoms with van der Waals surface area (Å²) in [5.41, 5.74) is 1.11. The van der Waals surface area contributed by atoms with E-state index in [4.69, 9.17) is 0 Å². The van der Waals surface area contributed by atoms with Crippen molar-refractivity contribution in [2.45, 2.75) is 5.60 Å². The topological polar surface area (TPSA) is 20.2 Å². The number of rotatable bonds is 2. The molecule has 0 bridgehead atoms. The van der Waals surface area contributed by atoms with Gasteiger partial charge in [-0.1, -0.05) is 84.6 Å². The van der Waals surface area contributed by atoms with Crippen LogP contribution in [0.15, 0.2) is 97.1 Å². The highest BCUT2D eigenvalue weighted by molar-refractivity contribution is 5.56. The fraction of sp³-hybridized carbons (Fsp3) is 0.0400. The number of aliphatic hydroxyl groups is 1. The molecule has 0 spiro atoms. The van der Waals surface area contributed by atoms with Gasteiger partial charge in [0.1, 0.15) is 0 Å². The van der Waals surface area contributed by atoms with Crippen molar-refractivity contribution in [3.05, 3.63) is 114 Å². The van der Waals surface area contributed by atoms with Crippen molar-refractivity contribution in [3.8, 4) is 23.7 Å². The van der Waals surface area contributed by atoms with Gasteiger partial charge in [0.2, 0.25) is 5.60 Å². The van der Waals surface area contributed by atoms with Crippen molar-refractivity contribution in [1.29, 1.82) is 0 Å². The first kappa shape index (κ1) is 17.3. The third-order valence-electron chi connectivity index (χ3n) is 3.66. The molecule has 1 N–H and O–H groups in total. The smallest absolute Gasteiger partial charge is 0.207 e. The first-order valence-corrected chi connectivity index (χ1v) is 8.37. The van der Waals surface area contributed by atoms with Crippen LogP contribution in [-0.4, -0.2) is 10.7 Å². The lowest BCUT2D eigenvalue weighted by molar-refractivity contribution is 0.215. The molecule has 0 unspecified atom stereocenters. The van der Waals surface area contributed by atoms with Gasteiger partial charge in [0, 0.05) is 11.1 Å². The number of hydrogen-bond donors (Lipinski definition) is 1. The summed E-state index contributed by atoms with van der Waals surface area (Å²) in [5.74, 6) is 11.8. The second-order valence-corrected chi connectivity index (χ2v) is 5.74. The predicted molar refractivity (Wildman–Crippen MR) is 107 cm³/mol. The molecule has 1 heteroatoms. The predicted octanol–water partition coefficient (Wildman–Crippen LogP) is 4.53. The standard InChI is InChI=1S/C25H18O/c26-25(19-16-22-10-4-1-5-11-22,20-17-23-12-6-2-7-13-23)21-18-24-14-8-3-9-15-24/h1-16,19,26H/b19-16-. The van der Waals surface area contributed by atoms with Gasteiger partial charge in [0.05, 0.1) is 0 Å². The summed E-state index contributed by atoms with van der Waals surface area (Å²) >= 11 is 0. The maximum atomic E-state index is 11.0. The molecule has 1 nitrogen and oxygen atoms in total. The highest BCUT2D eigenvalue weighted by Gasteiger charge is 2.16. The second-order valence-electron chi connectivity index (χ2n) is 5.74. The van der Waals surface area contributed by atoms with E-state index in [-0.39, 0.29) is 0 Å². The summed E-state index contributed by atoms with van der Waals surface area (Å²) in [7, 11) is 0. The molecule has 0 aliphatic rings. The molecule has 3 aromatic carbocycles. The lowest BCUT2D eigenvalue weighted by atomic mass is 10.0. The highest BCUT2D eigenvalue weighted by atomic mass is 16.3. The van der Waals surface area contributed by atoms with Crippen LogP contribution in [0.4, 0.5) is 0 Å². The van der Waals surface area contributed by atoms with Crippen molar-refractivity contribution in [3.63, 3.8) is 0 Å². The van der Waals surface area contributed by atoms with E-state index in [0.29, 0.717) is 0 Å². The maximum absolute atomic E-state index is 11.0. The van der Waals surface area contributed by atoms with E-state index >= 15 is 0 Å². The van der Waals surface area contributed by atoms with Crippen molar-refractivity contribution >= 4 is 6.08 Å². The van der Waals surface area contributed by atoms with Gasteiger partial charge in [-0.15, -0.1) is 0 Å². The van der Waals surface area contributed by atoms with Gasteiger partial charge < -0.3 is 5.11 Å². The van der Waals surface area contributed by atoms with Gasteiger partial charge in [-0.3, -0.25) is 0 Å². The maximum Gasteiger partial charge on any atom is 0.207 e. The Labute approximate surface area is 154 Å². The molecule has 3 aromatic rings. The lowest BCUT2D eigenvalue weighted by Crippen LogP contribution is -2.20. The molecule has 0 aromatic heterocycles. The Morgan fingerprint density at radius 2 is 1.04 bits per heavy atom. The van der Waals surface area contributed by atoms with E-state index < -0.39 is 5.60 Å². The summed E-state index contributed by atoms with van der Waals surface area (Å²) in [6.45, 7) is 0. The minimum absolute atomic E-state index is 0.834. The van der Waals surface area contributed by atoms with E-state index in [1.165, 1.54) is 0 Å². The van der Waals surface area contributed by atoms with Gasteiger partial charge in [-0.05, 0) is 47.7 Å². The van der Waals surface area contributed by atoms with E-state index in [1.54, 1.807) is 6.08 Å². The van der Waals surface area contributed by atoms with E-state index in [1.807, 2.05) is 97.1 Å². The Hall–Kier alpha value is -3.52. The van der Waals surface area contributed by atoms with Gasteiger partial charge in [-0.25, -0.2) is 0 Å². The molecule has 26 heavy (non-hydrogen) atoms. The van der Waals surface area contributed by atoms with E-state index in [0.717, 1.165) is 16.7 Å². The zero-order valence-corrected chi connectivity index (χ0v) is 14.3. The third kappa shape index (κ3) is 5.25. The highest BCUT2D eigenvalue weighted by Crippen LogP contribution is 2.10. The van der Waals surface area contributed by atoms with Crippen LogP contribution < -0.4 is 0 Å². The Morgan fingerprint density at radius 1 is 0.615 bits per heavy atom. The number of hydrogen-bond acceptors (Lipinski definition) is 1. The largest absolute Gasteiger partial charge is 0.364 e. The molecule has 0 saturated carbocycles. The quantitative estimate of drug-likeness (QED) is 0.683. The molecule has 3 rings (SSSR count). The molecule has 0 saturated heterocycles. The van der Waals surface area contributed by atoms with E-state index in [9.17, 15) is 5.11 Å². The van der Waals surface area contributed by atoms with Gasteiger partial charge in [0.15, 0.2) is 0 Å². The van der Waals surface area contributed by atoms with Crippen molar-refractivity contribution in [1.82, 2.24) is 0 Å².